The van der Waals surface area contributed by atoms with Gasteiger partial charge in [-0.05, 0) is 41.3 Å². The third-order valence-electron chi connectivity index (χ3n) is 4.69. The number of carbonyl (C=O) groups is 1. The molecule has 1 aliphatic rings. The third-order valence-corrected chi connectivity index (χ3v) is 4.69. The second-order valence-corrected chi connectivity index (χ2v) is 6.13. The highest BCUT2D eigenvalue weighted by Crippen LogP contribution is 2.35. The van der Waals surface area contributed by atoms with Crippen LogP contribution in [0, 0.1) is 0 Å². The molecule has 1 atom stereocenters. The van der Waals surface area contributed by atoms with Crippen molar-refractivity contribution in [3.05, 3.63) is 96.2 Å². The minimum atomic E-state index is 0.123. The van der Waals surface area contributed by atoms with Gasteiger partial charge in [-0.25, -0.2) is 4.98 Å². The fraction of sp³-hybridized carbons (Fsp3) is 0.143. The molecule has 0 fully saturated rings. The molecule has 124 valence electrons. The van der Waals surface area contributed by atoms with E-state index in [2.05, 4.69) is 58.4 Å². The molecule has 2 aromatic carbocycles. The van der Waals surface area contributed by atoms with Gasteiger partial charge in [-0.2, -0.15) is 0 Å². The maximum absolute atomic E-state index is 10.8. The van der Waals surface area contributed by atoms with E-state index in [1.807, 2.05) is 17.0 Å². The number of aldehydes is 1. The van der Waals surface area contributed by atoms with Crippen LogP contribution in [0.4, 0.5) is 0 Å². The second kappa shape index (κ2) is 6.77. The maximum atomic E-state index is 10.8. The lowest BCUT2D eigenvalue weighted by Gasteiger charge is -2.37. The molecule has 0 spiro atoms. The van der Waals surface area contributed by atoms with E-state index in [4.69, 9.17) is 0 Å². The van der Waals surface area contributed by atoms with Gasteiger partial charge in [-0.1, -0.05) is 36.4 Å². The minimum absolute atomic E-state index is 0.123. The average molecular weight is 329 g/mol. The van der Waals surface area contributed by atoms with Crippen molar-refractivity contribution in [2.75, 3.05) is 6.54 Å². The Hall–Kier alpha value is -3.14. The van der Waals surface area contributed by atoms with E-state index in [1.165, 1.54) is 16.7 Å². The number of aromatic nitrogens is 2. The zero-order valence-corrected chi connectivity index (χ0v) is 13.8. The van der Waals surface area contributed by atoms with E-state index in [0.717, 1.165) is 24.9 Å². The van der Waals surface area contributed by atoms with Crippen LogP contribution in [-0.2, 0) is 11.2 Å². The highest BCUT2D eigenvalue weighted by atomic mass is 16.1. The molecule has 0 radical (unpaired) electrons. The number of hydrogen-bond donors (Lipinski definition) is 0. The Morgan fingerprint density at radius 3 is 2.68 bits per heavy atom. The van der Waals surface area contributed by atoms with E-state index in [9.17, 15) is 4.79 Å². The molecule has 0 amide bonds. The second-order valence-electron chi connectivity index (χ2n) is 6.13. The van der Waals surface area contributed by atoms with Gasteiger partial charge in [0.2, 0.25) is 0 Å². The van der Waals surface area contributed by atoms with Crippen LogP contribution in [0.5, 0.6) is 0 Å². The van der Waals surface area contributed by atoms with E-state index in [-0.39, 0.29) is 6.04 Å². The summed E-state index contributed by atoms with van der Waals surface area (Å²) >= 11 is 0. The highest BCUT2D eigenvalue weighted by molar-refractivity contribution is 5.64. The van der Waals surface area contributed by atoms with Crippen molar-refractivity contribution in [3.63, 3.8) is 0 Å². The van der Waals surface area contributed by atoms with Crippen LogP contribution in [0.3, 0.4) is 0 Å². The van der Waals surface area contributed by atoms with Gasteiger partial charge in [0.25, 0.3) is 0 Å². The first-order chi connectivity index (χ1) is 12.4. The number of rotatable bonds is 4. The molecule has 0 saturated heterocycles. The van der Waals surface area contributed by atoms with Gasteiger partial charge in [0.1, 0.15) is 6.29 Å². The van der Waals surface area contributed by atoms with Crippen molar-refractivity contribution in [2.45, 2.75) is 12.5 Å². The number of hydrogen-bond acceptors (Lipinski definition) is 3. The molecule has 1 aromatic heterocycles. The molecule has 1 aliphatic heterocycles. The summed E-state index contributed by atoms with van der Waals surface area (Å²) in [6.07, 6.45) is 10.8. The number of fused-ring (bicyclic) bond motifs is 1. The van der Waals surface area contributed by atoms with Crippen molar-refractivity contribution in [1.82, 2.24) is 14.5 Å². The van der Waals surface area contributed by atoms with E-state index < -0.39 is 0 Å². The lowest BCUT2D eigenvalue weighted by atomic mass is 9.88. The van der Waals surface area contributed by atoms with E-state index in [0.29, 0.717) is 0 Å². The number of imidazole rings is 1. The number of nitrogens with zero attached hydrogens (tertiary/aromatic N) is 3. The predicted octanol–water partition coefficient (Wildman–Crippen LogP) is 3.53. The quantitative estimate of drug-likeness (QED) is 0.543. The molecule has 3 aromatic rings. The average Bonchev–Trinajstić information content (AvgIpc) is 3.21. The topological polar surface area (TPSA) is 38.1 Å². The SMILES string of the molecule is O=CC=CN1CCc2ccccc2C1c1ccc(-n2ccnc2)cc1. The lowest BCUT2D eigenvalue weighted by molar-refractivity contribution is -0.104. The first-order valence-corrected chi connectivity index (χ1v) is 8.40. The predicted molar refractivity (Wildman–Crippen MR) is 97.5 cm³/mol. The Kier molecular flexibility index (Phi) is 4.17. The Morgan fingerprint density at radius 2 is 1.92 bits per heavy atom. The Bertz CT molecular complexity index is 882. The molecule has 4 rings (SSSR count). The fourth-order valence-electron chi connectivity index (χ4n) is 3.50. The van der Waals surface area contributed by atoms with Gasteiger partial charge in [-0.15, -0.1) is 0 Å². The molecular weight excluding hydrogens is 310 g/mol. The summed E-state index contributed by atoms with van der Waals surface area (Å²) < 4.78 is 1.99. The van der Waals surface area contributed by atoms with Crippen LogP contribution in [0.1, 0.15) is 22.7 Å². The first-order valence-electron chi connectivity index (χ1n) is 8.40. The van der Waals surface area contributed by atoms with Crippen LogP contribution >= 0.6 is 0 Å². The summed E-state index contributed by atoms with van der Waals surface area (Å²) in [7, 11) is 0. The van der Waals surface area contributed by atoms with Crippen molar-refractivity contribution in [3.8, 4) is 5.69 Å². The highest BCUT2D eigenvalue weighted by Gasteiger charge is 2.26. The zero-order chi connectivity index (χ0) is 17.1. The molecule has 4 nitrogen and oxygen atoms in total. The Balaban J connectivity index is 1.74. The van der Waals surface area contributed by atoms with Crippen LogP contribution in [0.2, 0.25) is 0 Å². The monoisotopic (exact) mass is 329 g/mol. The smallest absolute Gasteiger partial charge is 0.144 e. The molecule has 0 saturated carbocycles. The minimum Gasteiger partial charge on any atom is -0.366 e. The maximum Gasteiger partial charge on any atom is 0.144 e. The molecule has 25 heavy (non-hydrogen) atoms. The van der Waals surface area contributed by atoms with Gasteiger partial charge in [0, 0.05) is 30.8 Å². The van der Waals surface area contributed by atoms with Crippen molar-refractivity contribution in [1.29, 1.82) is 0 Å². The van der Waals surface area contributed by atoms with Crippen LogP contribution in [0.25, 0.3) is 5.69 Å². The standard InChI is InChI=1S/C21H19N3O/c25-15-3-12-23-13-10-17-4-1-2-5-20(17)21(23)18-6-8-19(9-7-18)24-14-11-22-16-24/h1-9,11-12,14-16,21H,10,13H2. The summed E-state index contributed by atoms with van der Waals surface area (Å²) in [5.74, 6) is 0. The van der Waals surface area contributed by atoms with Crippen LogP contribution in [-0.4, -0.2) is 27.3 Å². The Labute approximate surface area is 147 Å². The van der Waals surface area contributed by atoms with E-state index in [1.54, 1.807) is 18.6 Å². The first kappa shape index (κ1) is 15.4. The number of benzene rings is 2. The molecule has 0 bridgehead atoms. The summed E-state index contributed by atoms with van der Waals surface area (Å²) in [6.45, 7) is 0.898. The zero-order valence-electron chi connectivity index (χ0n) is 13.8. The van der Waals surface area contributed by atoms with Gasteiger partial charge in [-0.3, -0.25) is 4.79 Å². The largest absolute Gasteiger partial charge is 0.366 e. The molecule has 2 heterocycles. The van der Waals surface area contributed by atoms with Gasteiger partial charge < -0.3 is 9.47 Å². The van der Waals surface area contributed by atoms with Crippen LogP contribution < -0.4 is 0 Å². The normalized spacial score (nSPS) is 16.8. The number of allylic oxidation sites excluding steroid dienone is 1. The van der Waals surface area contributed by atoms with Crippen molar-refractivity contribution < 1.29 is 4.79 Å². The summed E-state index contributed by atoms with van der Waals surface area (Å²) in [4.78, 5) is 17.1. The Morgan fingerprint density at radius 1 is 1.08 bits per heavy atom. The lowest BCUT2D eigenvalue weighted by Crippen LogP contribution is -2.32. The van der Waals surface area contributed by atoms with E-state index >= 15 is 0 Å². The molecule has 0 N–H and O–H groups in total. The van der Waals surface area contributed by atoms with Crippen molar-refractivity contribution >= 4 is 6.29 Å². The third kappa shape index (κ3) is 2.98. The fourth-order valence-corrected chi connectivity index (χ4v) is 3.50. The van der Waals surface area contributed by atoms with Gasteiger partial charge >= 0.3 is 0 Å². The van der Waals surface area contributed by atoms with Crippen LogP contribution in [0.15, 0.2) is 79.5 Å². The van der Waals surface area contributed by atoms with Crippen molar-refractivity contribution in [2.24, 2.45) is 0 Å². The molecular formula is C21H19N3O. The molecule has 4 heteroatoms. The summed E-state index contributed by atoms with van der Waals surface area (Å²) in [5.41, 5.74) is 4.98. The summed E-state index contributed by atoms with van der Waals surface area (Å²) in [6, 6.07) is 17.2. The van der Waals surface area contributed by atoms with Gasteiger partial charge in [0.15, 0.2) is 0 Å². The molecule has 0 aliphatic carbocycles. The number of carbonyl (C=O) groups excluding carboxylic acids is 1. The molecule has 1 unspecified atom stereocenters. The van der Waals surface area contributed by atoms with Gasteiger partial charge in [0.05, 0.1) is 12.4 Å². The summed E-state index contributed by atoms with van der Waals surface area (Å²) in [5, 5.41) is 0.